The molecule has 12 nitrogen and oxygen atoms in total. The summed E-state index contributed by atoms with van der Waals surface area (Å²) < 4.78 is 60.8. The molecular weight excluding hydrogens is 676 g/mol. The standard InChI is InChI=1S/C34H42F3N6O6P/c1-6-33(7-2,50(46,47)48)21-12-14-25(27(16-21)49-5)41-32-39-17-24(34(35,36)37)29(42-32)40-26-15-13-22(23-18-43(4)31(45)28(23)26)19-8-10-20(11-9-19)30(44)38-3/h12-17,19-20H,6-11,18H2,1-5H3,(H,38,44)(H2,46,47,48)(H2,39,40,41,42). The zero-order chi connectivity index (χ0) is 36.6. The summed E-state index contributed by atoms with van der Waals surface area (Å²) in [6.07, 6.45) is -0.997. The number of halogens is 3. The highest BCUT2D eigenvalue weighted by molar-refractivity contribution is 7.53. The van der Waals surface area contributed by atoms with E-state index in [9.17, 15) is 37.1 Å². The molecule has 270 valence electrons. The summed E-state index contributed by atoms with van der Waals surface area (Å²) in [6, 6.07) is 7.94. The molecule has 5 N–H and O–H groups in total. The van der Waals surface area contributed by atoms with E-state index in [-0.39, 0.29) is 65.1 Å². The lowest BCUT2D eigenvalue weighted by Gasteiger charge is -2.33. The predicted octanol–water partition coefficient (Wildman–Crippen LogP) is 6.79. The topological polar surface area (TPSA) is 166 Å². The van der Waals surface area contributed by atoms with E-state index < -0.39 is 30.3 Å². The van der Waals surface area contributed by atoms with E-state index >= 15 is 0 Å². The van der Waals surface area contributed by atoms with Gasteiger partial charge < -0.3 is 35.4 Å². The van der Waals surface area contributed by atoms with Crippen LogP contribution in [0.2, 0.25) is 0 Å². The van der Waals surface area contributed by atoms with Crippen LogP contribution < -0.4 is 20.7 Å². The summed E-state index contributed by atoms with van der Waals surface area (Å²) in [6.45, 7) is 3.66. The molecule has 0 saturated heterocycles. The number of hydrogen-bond acceptors (Lipinski definition) is 8. The van der Waals surface area contributed by atoms with Crippen molar-refractivity contribution in [2.75, 3.05) is 31.8 Å². The van der Waals surface area contributed by atoms with Gasteiger partial charge in [0.1, 0.15) is 17.1 Å². The predicted molar refractivity (Wildman–Crippen MR) is 182 cm³/mol. The number of rotatable bonds is 11. The number of amides is 2. The number of anilines is 4. The van der Waals surface area contributed by atoms with Crippen LogP contribution in [0.3, 0.4) is 0 Å². The van der Waals surface area contributed by atoms with Gasteiger partial charge in [-0.05, 0) is 79.3 Å². The number of nitrogens with one attached hydrogen (secondary N) is 3. The molecule has 3 aromatic rings. The van der Waals surface area contributed by atoms with Crippen molar-refractivity contribution in [2.45, 2.75) is 76.2 Å². The number of methoxy groups -OCH3 is 1. The second-order valence-electron chi connectivity index (χ2n) is 12.8. The smallest absolute Gasteiger partial charge is 0.421 e. The van der Waals surface area contributed by atoms with Crippen molar-refractivity contribution in [1.82, 2.24) is 20.2 Å². The van der Waals surface area contributed by atoms with Crippen LogP contribution in [0.25, 0.3) is 0 Å². The Bertz CT molecular complexity index is 1820. The van der Waals surface area contributed by atoms with Crippen molar-refractivity contribution >= 4 is 42.6 Å². The molecule has 1 saturated carbocycles. The minimum atomic E-state index is -4.83. The summed E-state index contributed by atoms with van der Waals surface area (Å²) in [5.41, 5.74) is 1.58. The highest BCUT2D eigenvalue weighted by Crippen LogP contribution is 2.61. The molecule has 50 heavy (non-hydrogen) atoms. The van der Waals surface area contributed by atoms with Crippen molar-refractivity contribution < 1.29 is 41.8 Å². The Labute approximate surface area is 288 Å². The number of carbonyl (C=O) groups is 2. The second kappa shape index (κ2) is 14.2. The van der Waals surface area contributed by atoms with Crippen LogP contribution in [-0.4, -0.2) is 57.7 Å². The van der Waals surface area contributed by atoms with Crippen molar-refractivity contribution in [3.63, 3.8) is 0 Å². The Morgan fingerprint density at radius 2 is 1.72 bits per heavy atom. The van der Waals surface area contributed by atoms with Crippen molar-refractivity contribution in [3.8, 4) is 5.75 Å². The number of fused-ring (bicyclic) bond motifs is 1. The van der Waals surface area contributed by atoms with Gasteiger partial charge in [-0.1, -0.05) is 26.0 Å². The van der Waals surface area contributed by atoms with Gasteiger partial charge in [0.05, 0.1) is 29.2 Å². The first-order valence-electron chi connectivity index (χ1n) is 16.4. The van der Waals surface area contributed by atoms with Crippen LogP contribution in [0.4, 0.5) is 36.3 Å². The molecule has 2 heterocycles. The molecule has 1 aliphatic heterocycles. The van der Waals surface area contributed by atoms with Gasteiger partial charge >= 0.3 is 13.8 Å². The average Bonchev–Trinajstić information content (AvgIpc) is 3.38. The van der Waals surface area contributed by atoms with Gasteiger partial charge in [-0.2, -0.15) is 18.2 Å². The molecule has 0 unspecified atom stereocenters. The van der Waals surface area contributed by atoms with Crippen molar-refractivity contribution in [2.24, 2.45) is 5.92 Å². The number of ether oxygens (including phenoxy) is 1. The van der Waals surface area contributed by atoms with E-state index in [1.54, 1.807) is 34.0 Å². The summed E-state index contributed by atoms with van der Waals surface area (Å²) >= 11 is 0. The zero-order valence-corrected chi connectivity index (χ0v) is 29.4. The van der Waals surface area contributed by atoms with Gasteiger partial charge in [-0.3, -0.25) is 14.2 Å². The Morgan fingerprint density at radius 1 is 1.06 bits per heavy atom. The van der Waals surface area contributed by atoms with Crippen LogP contribution in [0, 0.1) is 5.92 Å². The minimum absolute atomic E-state index is 0.00712. The Kier molecular flexibility index (Phi) is 10.5. The molecule has 0 bridgehead atoms. The monoisotopic (exact) mass is 718 g/mol. The van der Waals surface area contributed by atoms with Crippen LogP contribution in [0.15, 0.2) is 36.5 Å². The molecule has 1 fully saturated rings. The number of nitrogens with zero attached hydrogens (tertiary/aromatic N) is 3. The van der Waals surface area contributed by atoms with Crippen LogP contribution in [-0.2, 0) is 27.2 Å². The SMILES string of the molecule is CCC(CC)(c1ccc(Nc2ncc(C(F)(F)F)c(Nc3ccc(C4CCC(C(=O)NC)CC4)c4c3C(=O)N(C)C4)n2)c(OC)c1)P(=O)(O)O. The van der Waals surface area contributed by atoms with E-state index in [1.807, 2.05) is 6.07 Å². The third kappa shape index (κ3) is 6.90. The molecule has 5 rings (SSSR count). The fourth-order valence-electron chi connectivity index (χ4n) is 7.25. The van der Waals surface area contributed by atoms with Gasteiger partial charge in [0.2, 0.25) is 11.9 Å². The second-order valence-corrected chi connectivity index (χ2v) is 14.7. The van der Waals surface area contributed by atoms with Crippen LogP contribution in [0.5, 0.6) is 5.75 Å². The first-order valence-corrected chi connectivity index (χ1v) is 18.0. The van der Waals surface area contributed by atoms with E-state index in [1.165, 1.54) is 30.2 Å². The van der Waals surface area contributed by atoms with Gasteiger partial charge in [-0.15, -0.1) is 0 Å². The minimum Gasteiger partial charge on any atom is -0.495 e. The zero-order valence-electron chi connectivity index (χ0n) is 28.5. The quantitative estimate of drug-likeness (QED) is 0.133. The van der Waals surface area contributed by atoms with Crippen molar-refractivity contribution in [1.29, 1.82) is 0 Å². The molecular formula is C34H42F3N6O6P. The summed E-state index contributed by atoms with van der Waals surface area (Å²) in [5.74, 6) is -0.926. The fraction of sp³-hybridized carbons (Fsp3) is 0.471. The van der Waals surface area contributed by atoms with E-state index in [0.717, 1.165) is 24.0 Å². The molecule has 2 amide bonds. The summed E-state index contributed by atoms with van der Waals surface area (Å²) in [5, 5.41) is 6.89. The lowest BCUT2D eigenvalue weighted by molar-refractivity contribution is -0.137. The maximum absolute atomic E-state index is 14.3. The highest BCUT2D eigenvalue weighted by atomic mass is 31.2. The number of benzene rings is 2. The fourth-order valence-corrected chi connectivity index (χ4v) is 8.55. The van der Waals surface area contributed by atoms with E-state index in [4.69, 9.17) is 4.74 Å². The lowest BCUT2D eigenvalue weighted by atomic mass is 9.76. The normalized spacial score (nSPS) is 18.1. The Morgan fingerprint density at radius 3 is 2.30 bits per heavy atom. The summed E-state index contributed by atoms with van der Waals surface area (Å²) in [4.78, 5) is 55.5. The van der Waals surface area contributed by atoms with Gasteiger partial charge in [0.15, 0.2) is 0 Å². The molecule has 2 aliphatic rings. The van der Waals surface area contributed by atoms with E-state index in [0.29, 0.717) is 31.1 Å². The van der Waals surface area contributed by atoms with Crippen LogP contribution >= 0.6 is 7.60 Å². The molecule has 1 aliphatic carbocycles. The molecule has 0 radical (unpaired) electrons. The molecule has 1 aromatic heterocycles. The Balaban J connectivity index is 1.49. The third-order valence-corrected chi connectivity index (χ3v) is 12.2. The molecule has 0 atom stereocenters. The van der Waals surface area contributed by atoms with Gasteiger partial charge in [0, 0.05) is 32.8 Å². The molecule has 0 spiro atoms. The maximum Gasteiger partial charge on any atom is 0.421 e. The first-order chi connectivity index (χ1) is 23.6. The molecule has 16 heteroatoms. The average molecular weight is 719 g/mol. The van der Waals surface area contributed by atoms with Gasteiger partial charge in [0.25, 0.3) is 5.91 Å². The number of aromatic nitrogens is 2. The third-order valence-electron chi connectivity index (χ3n) is 10.1. The Hall–Kier alpha value is -4.20. The van der Waals surface area contributed by atoms with Gasteiger partial charge in [-0.25, -0.2) is 4.98 Å². The first kappa shape index (κ1) is 37.1. The number of hydrogen-bond donors (Lipinski definition) is 5. The lowest BCUT2D eigenvalue weighted by Crippen LogP contribution is -2.30. The number of alkyl halides is 3. The van der Waals surface area contributed by atoms with E-state index in [2.05, 4.69) is 25.9 Å². The summed E-state index contributed by atoms with van der Waals surface area (Å²) in [7, 11) is 0.0124. The van der Waals surface area contributed by atoms with Crippen LogP contribution in [0.1, 0.15) is 90.9 Å². The largest absolute Gasteiger partial charge is 0.495 e. The van der Waals surface area contributed by atoms with Crippen molar-refractivity contribution in [3.05, 3.63) is 64.3 Å². The highest BCUT2D eigenvalue weighted by Gasteiger charge is 2.46. The molecule has 2 aromatic carbocycles. The number of carbonyl (C=O) groups excluding carboxylic acids is 2. The maximum atomic E-state index is 14.3.